The third-order valence-corrected chi connectivity index (χ3v) is 4.44. The van der Waals surface area contributed by atoms with E-state index in [1.165, 1.54) is 0 Å². The predicted molar refractivity (Wildman–Crippen MR) is 111 cm³/mol. The Morgan fingerprint density at radius 1 is 1.14 bits per heavy atom. The number of benzene rings is 2. The number of rotatable bonds is 7. The Morgan fingerprint density at radius 2 is 1.76 bits per heavy atom. The van der Waals surface area contributed by atoms with E-state index in [-0.39, 0.29) is 17.0 Å². The SMILES string of the molecule is CS(=O)(=O)Nc1cc(O)c(C(=O)CNC(=O)C(Cl)(Cl)Cl)cc1Oc1ccccc1. The number of ketones is 1. The zero-order valence-corrected chi connectivity index (χ0v) is 17.9. The maximum atomic E-state index is 12.4. The van der Waals surface area contributed by atoms with Crippen LogP contribution in [0.1, 0.15) is 10.4 Å². The minimum absolute atomic E-state index is 0.0459. The number of hydrogen-bond acceptors (Lipinski definition) is 6. The first-order valence-electron chi connectivity index (χ1n) is 7.83. The minimum atomic E-state index is -3.71. The van der Waals surface area contributed by atoms with Gasteiger partial charge in [-0.3, -0.25) is 14.3 Å². The van der Waals surface area contributed by atoms with Crippen LogP contribution in [0.5, 0.6) is 17.2 Å². The number of carbonyl (C=O) groups excluding carboxylic acids is 2. The number of halogens is 3. The fourth-order valence-electron chi connectivity index (χ4n) is 2.13. The molecule has 0 saturated carbocycles. The van der Waals surface area contributed by atoms with Gasteiger partial charge in [0.2, 0.25) is 10.0 Å². The number of alkyl halides is 3. The van der Waals surface area contributed by atoms with Gasteiger partial charge < -0.3 is 15.2 Å². The summed E-state index contributed by atoms with van der Waals surface area (Å²) in [5.74, 6) is -1.97. The maximum Gasteiger partial charge on any atom is 0.272 e. The van der Waals surface area contributed by atoms with Crippen LogP contribution in [0.15, 0.2) is 42.5 Å². The molecule has 0 heterocycles. The summed E-state index contributed by atoms with van der Waals surface area (Å²) in [6.07, 6.45) is 0.918. The van der Waals surface area contributed by atoms with Crippen molar-refractivity contribution in [3.63, 3.8) is 0 Å². The minimum Gasteiger partial charge on any atom is -0.507 e. The Kier molecular flexibility index (Phi) is 7.23. The summed E-state index contributed by atoms with van der Waals surface area (Å²) >= 11 is 16.2. The average molecular weight is 482 g/mol. The highest BCUT2D eigenvalue weighted by Crippen LogP contribution is 2.36. The summed E-state index contributed by atoms with van der Waals surface area (Å²) in [6, 6.07) is 10.5. The summed E-state index contributed by atoms with van der Waals surface area (Å²) < 4.78 is 28.8. The first-order chi connectivity index (χ1) is 13.4. The van der Waals surface area contributed by atoms with Crippen LogP contribution in [0.25, 0.3) is 0 Å². The van der Waals surface area contributed by atoms with Crippen LogP contribution in [0.4, 0.5) is 5.69 Å². The van der Waals surface area contributed by atoms with Crippen LogP contribution in [-0.4, -0.2) is 41.8 Å². The standard InChI is InChI=1S/C17H15Cl3N2O6S/c1-29(26,27)22-12-8-13(23)11(14(24)9-21-16(25)17(18,19)20)7-15(12)28-10-5-3-2-4-6-10/h2-8,22-23H,9H2,1H3,(H,21,25). The Hall–Kier alpha value is -2.20. The number of amides is 1. The number of phenolic OH excluding ortho intramolecular Hbond substituents is 1. The molecule has 0 aliphatic heterocycles. The van der Waals surface area contributed by atoms with Gasteiger partial charge in [0.15, 0.2) is 11.5 Å². The van der Waals surface area contributed by atoms with Crippen molar-refractivity contribution in [3.8, 4) is 17.2 Å². The molecule has 0 unspecified atom stereocenters. The number of aromatic hydroxyl groups is 1. The van der Waals surface area contributed by atoms with Crippen LogP contribution >= 0.6 is 34.8 Å². The number of ether oxygens (including phenoxy) is 1. The summed E-state index contributed by atoms with van der Waals surface area (Å²) in [5.41, 5.74) is -0.324. The van der Waals surface area contributed by atoms with Crippen molar-refractivity contribution in [2.24, 2.45) is 0 Å². The smallest absolute Gasteiger partial charge is 0.272 e. The molecule has 0 atom stereocenters. The van der Waals surface area contributed by atoms with E-state index >= 15 is 0 Å². The molecular formula is C17H15Cl3N2O6S. The van der Waals surface area contributed by atoms with Crippen LogP contribution in [0.2, 0.25) is 0 Å². The van der Waals surface area contributed by atoms with Crippen molar-refractivity contribution in [2.75, 3.05) is 17.5 Å². The van der Waals surface area contributed by atoms with Crippen molar-refractivity contribution < 1.29 is 27.9 Å². The molecule has 156 valence electrons. The zero-order valence-electron chi connectivity index (χ0n) is 14.8. The molecule has 8 nitrogen and oxygen atoms in total. The van der Waals surface area contributed by atoms with Crippen LogP contribution in [-0.2, 0) is 14.8 Å². The van der Waals surface area contributed by atoms with E-state index in [4.69, 9.17) is 39.5 Å². The highest BCUT2D eigenvalue weighted by atomic mass is 35.6. The third-order valence-electron chi connectivity index (χ3n) is 3.33. The molecule has 12 heteroatoms. The van der Waals surface area contributed by atoms with Crippen molar-refractivity contribution in [1.29, 1.82) is 0 Å². The summed E-state index contributed by atoms with van der Waals surface area (Å²) in [5, 5.41) is 12.3. The molecule has 0 aliphatic rings. The summed E-state index contributed by atoms with van der Waals surface area (Å²) in [7, 11) is -3.71. The van der Waals surface area contributed by atoms with Gasteiger partial charge >= 0.3 is 0 Å². The van der Waals surface area contributed by atoms with Gasteiger partial charge in [-0.2, -0.15) is 0 Å². The van der Waals surface area contributed by atoms with Gasteiger partial charge in [0.05, 0.1) is 24.1 Å². The third kappa shape index (κ3) is 6.97. The lowest BCUT2D eigenvalue weighted by molar-refractivity contribution is -0.120. The topological polar surface area (TPSA) is 122 Å². The highest BCUT2D eigenvalue weighted by molar-refractivity contribution is 7.92. The number of hydrogen-bond donors (Lipinski definition) is 3. The Morgan fingerprint density at radius 3 is 2.31 bits per heavy atom. The largest absolute Gasteiger partial charge is 0.507 e. The molecule has 0 aliphatic carbocycles. The van der Waals surface area contributed by atoms with Crippen molar-refractivity contribution in [2.45, 2.75) is 3.79 Å². The van der Waals surface area contributed by atoms with E-state index in [2.05, 4.69) is 10.0 Å². The lowest BCUT2D eigenvalue weighted by Gasteiger charge is -2.15. The molecule has 2 aromatic rings. The number of sulfonamides is 1. The van der Waals surface area contributed by atoms with Gasteiger partial charge in [-0.25, -0.2) is 8.42 Å². The quantitative estimate of drug-likeness (QED) is 0.412. The van der Waals surface area contributed by atoms with Crippen LogP contribution < -0.4 is 14.8 Å². The van der Waals surface area contributed by atoms with Crippen molar-refractivity contribution >= 4 is 62.2 Å². The molecular weight excluding hydrogens is 467 g/mol. The van der Waals surface area contributed by atoms with E-state index in [0.717, 1.165) is 18.4 Å². The van der Waals surface area contributed by atoms with Crippen LogP contribution in [0, 0.1) is 0 Å². The summed E-state index contributed by atoms with van der Waals surface area (Å²) in [6.45, 7) is -0.579. The van der Waals surface area contributed by atoms with Gasteiger partial charge in [0.1, 0.15) is 11.5 Å². The van der Waals surface area contributed by atoms with E-state index in [0.29, 0.717) is 5.75 Å². The van der Waals surface area contributed by atoms with E-state index in [9.17, 15) is 23.1 Å². The molecule has 0 radical (unpaired) electrons. The van der Waals surface area contributed by atoms with Crippen molar-refractivity contribution in [1.82, 2.24) is 5.32 Å². The van der Waals surface area contributed by atoms with E-state index in [1.807, 2.05) is 0 Å². The van der Waals surface area contributed by atoms with E-state index in [1.54, 1.807) is 30.3 Å². The number of phenols is 1. The second-order valence-electron chi connectivity index (χ2n) is 5.76. The van der Waals surface area contributed by atoms with Gasteiger partial charge in [-0.15, -0.1) is 0 Å². The first-order valence-corrected chi connectivity index (χ1v) is 10.9. The molecule has 3 N–H and O–H groups in total. The number of nitrogens with one attached hydrogen (secondary N) is 2. The monoisotopic (exact) mass is 480 g/mol. The Balaban J connectivity index is 2.36. The van der Waals surface area contributed by atoms with E-state index < -0.39 is 37.8 Å². The normalized spacial score (nSPS) is 11.6. The maximum absolute atomic E-state index is 12.4. The molecule has 0 aromatic heterocycles. The average Bonchev–Trinajstić information content (AvgIpc) is 2.60. The molecule has 0 bridgehead atoms. The molecule has 1 amide bonds. The molecule has 0 saturated heterocycles. The number of Topliss-reactive ketones (excluding diaryl/α,β-unsaturated/α-hetero) is 1. The van der Waals surface area contributed by atoms with Gasteiger partial charge in [-0.1, -0.05) is 53.0 Å². The molecule has 29 heavy (non-hydrogen) atoms. The molecule has 2 aromatic carbocycles. The second kappa shape index (κ2) is 9.08. The number of carbonyl (C=O) groups is 2. The van der Waals surface area contributed by atoms with Crippen LogP contribution in [0.3, 0.4) is 0 Å². The first kappa shape index (κ1) is 23.1. The molecule has 0 spiro atoms. The Bertz CT molecular complexity index is 1020. The predicted octanol–water partition coefficient (Wildman–Crippen LogP) is 3.23. The molecule has 0 fully saturated rings. The van der Waals surface area contributed by atoms with Gasteiger partial charge in [0, 0.05) is 6.07 Å². The lowest BCUT2D eigenvalue weighted by atomic mass is 10.1. The molecule has 2 rings (SSSR count). The Labute approximate surface area is 181 Å². The van der Waals surface area contributed by atoms with Crippen molar-refractivity contribution in [3.05, 3.63) is 48.0 Å². The lowest BCUT2D eigenvalue weighted by Crippen LogP contribution is -2.37. The van der Waals surface area contributed by atoms with Gasteiger partial charge in [0.25, 0.3) is 9.70 Å². The fraction of sp³-hybridized carbons (Fsp3) is 0.176. The summed E-state index contributed by atoms with van der Waals surface area (Å²) in [4.78, 5) is 24.0. The second-order valence-corrected chi connectivity index (χ2v) is 9.79. The van der Waals surface area contributed by atoms with Gasteiger partial charge in [-0.05, 0) is 18.2 Å². The number of para-hydroxylation sites is 1. The highest BCUT2D eigenvalue weighted by Gasteiger charge is 2.31. The number of anilines is 1. The fourth-order valence-corrected chi connectivity index (χ4v) is 2.89. The zero-order chi connectivity index (χ0) is 21.8.